The topological polar surface area (TPSA) is 64.0 Å². The molecule has 1 atom stereocenters. The molecule has 0 spiro atoms. The molecule has 0 saturated heterocycles. The quantitative estimate of drug-likeness (QED) is 0.621. The van der Waals surface area contributed by atoms with Gasteiger partial charge in [-0.05, 0) is 24.1 Å². The second-order valence-electron chi connectivity index (χ2n) is 5.73. The van der Waals surface area contributed by atoms with Gasteiger partial charge in [0.15, 0.2) is 5.16 Å². The summed E-state index contributed by atoms with van der Waals surface area (Å²) in [5, 5.41) is 3.49. The van der Waals surface area contributed by atoms with Crippen LogP contribution in [0.5, 0.6) is 0 Å². The van der Waals surface area contributed by atoms with E-state index < -0.39 is 0 Å². The van der Waals surface area contributed by atoms with Crippen molar-refractivity contribution in [3.05, 3.63) is 50.2 Å². The number of halogens is 1. The highest BCUT2D eigenvalue weighted by Gasteiger charge is 2.31. The first kappa shape index (κ1) is 17.2. The molecule has 0 radical (unpaired) electrons. The van der Waals surface area contributed by atoms with Crippen LogP contribution in [0.2, 0.25) is 0 Å². The second-order valence-corrected chi connectivity index (χ2v) is 7.70. The third-order valence-electron chi connectivity index (χ3n) is 4.01. The molecule has 3 rings (SSSR count). The van der Waals surface area contributed by atoms with E-state index in [4.69, 9.17) is 0 Å². The number of rotatable bonds is 4. The molecule has 1 aliphatic rings. The van der Waals surface area contributed by atoms with E-state index in [0.29, 0.717) is 16.5 Å². The third kappa shape index (κ3) is 3.28. The molecule has 0 saturated carbocycles. The van der Waals surface area contributed by atoms with E-state index in [-0.39, 0.29) is 23.8 Å². The molecule has 2 heterocycles. The molecule has 1 amide bonds. The molecule has 0 fully saturated rings. The summed E-state index contributed by atoms with van der Waals surface area (Å²) in [7, 11) is 1.84. The molecule has 24 heavy (non-hydrogen) atoms. The van der Waals surface area contributed by atoms with Gasteiger partial charge in [-0.1, -0.05) is 46.7 Å². The molecule has 1 aliphatic heterocycles. The summed E-state index contributed by atoms with van der Waals surface area (Å²) in [4.78, 5) is 29.1. The highest BCUT2D eigenvalue weighted by Crippen LogP contribution is 2.36. The number of hydrogen-bond acceptors (Lipinski definition) is 4. The van der Waals surface area contributed by atoms with Crippen LogP contribution >= 0.6 is 27.7 Å². The lowest BCUT2D eigenvalue weighted by Gasteiger charge is -2.27. The summed E-state index contributed by atoms with van der Waals surface area (Å²) >= 11 is 4.94. The number of hydrogen-bond donors (Lipinski definition) is 1. The summed E-state index contributed by atoms with van der Waals surface area (Å²) in [6, 6.07) is 7.72. The lowest BCUT2D eigenvalue weighted by atomic mass is 9.87. The van der Waals surface area contributed by atoms with Crippen molar-refractivity contribution in [2.45, 2.75) is 30.8 Å². The molecular formula is C17H18BrN3O2S. The predicted molar refractivity (Wildman–Crippen MR) is 99.7 cm³/mol. The van der Waals surface area contributed by atoms with Crippen LogP contribution in [0.3, 0.4) is 0 Å². The van der Waals surface area contributed by atoms with Crippen LogP contribution in [-0.4, -0.2) is 21.2 Å². The summed E-state index contributed by atoms with van der Waals surface area (Å²) in [5.41, 5.74) is 1.26. The Kier molecular flexibility index (Phi) is 5.10. The van der Waals surface area contributed by atoms with Crippen molar-refractivity contribution >= 4 is 39.4 Å². The summed E-state index contributed by atoms with van der Waals surface area (Å²) in [6.45, 7) is 2.08. The van der Waals surface area contributed by atoms with Crippen molar-refractivity contribution < 1.29 is 4.79 Å². The van der Waals surface area contributed by atoms with Crippen LogP contribution in [0.1, 0.15) is 36.8 Å². The predicted octanol–water partition coefficient (Wildman–Crippen LogP) is 3.52. The Hall–Kier alpha value is -1.60. The maximum Gasteiger partial charge on any atom is 0.279 e. The Bertz CT molecular complexity index is 833. The number of anilines is 1. The number of nitrogens with one attached hydrogen (secondary N) is 1. The molecular weight excluding hydrogens is 390 g/mol. The van der Waals surface area contributed by atoms with Crippen LogP contribution in [0.15, 0.2) is 38.7 Å². The molecule has 126 valence electrons. The maximum atomic E-state index is 12.7. The third-order valence-corrected chi connectivity index (χ3v) is 5.77. The zero-order chi connectivity index (χ0) is 17.3. The van der Waals surface area contributed by atoms with Crippen molar-refractivity contribution in [1.29, 1.82) is 0 Å². The number of carbonyl (C=O) groups excluding carboxylic acids is 1. The number of nitrogens with zero attached hydrogens (tertiary/aromatic N) is 2. The number of aromatic nitrogens is 2. The average molecular weight is 408 g/mol. The number of carbonyl (C=O) groups is 1. The van der Waals surface area contributed by atoms with E-state index in [0.717, 1.165) is 22.2 Å². The zero-order valence-electron chi connectivity index (χ0n) is 13.5. The molecule has 1 unspecified atom stereocenters. The fourth-order valence-corrected chi connectivity index (χ4v) is 3.92. The highest BCUT2D eigenvalue weighted by atomic mass is 79.9. The average Bonchev–Trinajstić information content (AvgIpc) is 2.56. The van der Waals surface area contributed by atoms with Gasteiger partial charge in [0.2, 0.25) is 5.91 Å². The van der Waals surface area contributed by atoms with Crippen LogP contribution in [0.4, 0.5) is 5.82 Å². The lowest BCUT2D eigenvalue weighted by Crippen LogP contribution is -2.33. The summed E-state index contributed by atoms with van der Waals surface area (Å²) in [6.07, 6.45) is 1.25. The van der Waals surface area contributed by atoms with E-state index in [2.05, 4.69) is 33.2 Å². The summed E-state index contributed by atoms with van der Waals surface area (Å²) in [5.74, 6) is 1.10. The summed E-state index contributed by atoms with van der Waals surface area (Å²) < 4.78 is 2.78. The monoisotopic (exact) mass is 407 g/mol. The van der Waals surface area contributed by atoms with Crippen LogP contribution in [0, 0.1) is 0 Å². The van der Waals surface area contributed by atoms with E-state index in [1.54, 1.807) is 0 Å². The largest absolute Gasteiger partial charge is 0.312 e. The van der Waals surface area contributed by atoms with Gasteiger partial charge in [0.25, 0.3) is 5.56 Å². The first-order chi connectivity index (χ1) is 11.5. The molecule has 1 aromatic carbocycles. The first-order valence-corrected chi connectivity index (χ1v) is 9.58. The minimum atomic E-state index is -0.265. The maximum absolute atomic E-state index is 12.7. The van der Waals surface area contributed by atoms with Gasteiger partial charge in [0, 0.05) is 29.6 Å². The van der Waals surface area contributed by atoms with Crippen LogP contribution in [0.25, 0.3) is 0 Å². The molecule has 1 aromatic heterocycles. The smallest absolute Gasteiger partial charge is 0.279 e. The normalized spacial score (nSPS) is 16.6. The molecule has 0 bridgehead atoms. The number of thioether (sulfide) groups is 1. The zero-order valence-corrected chi connectivity index (χ0v) is 15.9. The molecule has 0 aliphatic carbocycles. The van der Waals surface area contributed by atoms with Crippen molar-refractivity contribution in [2.24, 2.45) is 7.05 Å². The Labute approximate surface area is 153 Å². The van der Waals surface area contributed by atoms with E-state index in [1.165, 1.54) is 11.8 Å². The molecule has 5 nitrogen and oxygen atoms in total. The van der Waals surface area contributed by atoms with E-state index in [9.17, 15) is 9.59 Å². The van der Waals surface area contributed by atoms with Crippen molar-refractivity contribution in [3.8, 4) is 0 Å². The van der Waals surface area contributed by atoms with Gasteiger partial charge in [-0.25, -0.2) is 0 Å². The second kappa shape index (κ2) is 7.11. The Morgan fingerprint density at radius 3 is 2.71 bits per heavy atom. The number of fused-ring (bicyclic) bond motifs is 1. The minimum Gasteiger partial charge on any atom is -0.312 e. The Balaban J connectivity index is 2.12. The van der Waals surface area contributed by atoms with E-state index >= 15 is 0 Å². The number of amides is 1. The van der Waals surface area contributed by atoms with Crippen molar-refractivity contribution in [1.82, 2.24) is 9.55 Å². The van der Waals surface area contributed by atoms with Gasteiger partial charge < -0.3 is 9.88 Å². The van der Waals surface area contributed by atoms with Gasteiger partial charge >= 0.3 is 0 Å². The minimum absolute atomic E-state index is 0.0805. The molecule has 7 heteroatoms. The molecule has 2 aromatic rings. The van der Waals surface area contributed by atoms with Gasteiger partial charge in [0.1, 0.15) is 5.82 Å². The lowest BCUT2D eigenvalue weighted by molar-refractivity contribution is -0.116. The molecule has 1 N–H and O–H groups in total. The number of benzene rings is 1. The standard InChI is InChI=1S/C17H18BrN3O2S/c1-3-8-24-17-20-16(23)14-12(10-4-6-11(18)7-5-10)9-13(22)19-15(14)21(17)2/h4-7,12H,3,8-9H2,1-2H3,(H,19,22). The first-order valence-electron chi connectivity index (χ1n) is 7.80. The highest BCUT2D eigenvalue weighted by molar-refractivity contribution is 9.10. The van der Waals surface area contributed by atoms with Gasteiger partial charge in [-0.3, -0.25) is 9.59 Å². The van der Waals surface area contributed by atoms with Crippen LogP contribution in [-0.2, 0) is 11.8 Å². The SMILES string of the molecule is CCCSc1nc(=O)c2c(n1C)NC(=O)CC2c1ccc(Br)cc1. The fourth-order valence-electron chi connectivity index (χ4n) is 2.84. The van der Waals surface area contributed by atoms with Crippen molar-refractivity contribution in [3.63, 3.8) is 0 Å². The Morgan fingerprint density at radius 1 is 1.33 bits per heavy atom. The van der Waals surface area contributed by atoms with Gasteiger partial charge in [0.05, 0.1) is 5.56 Å². The fraction of sp³-hybridized carbons (Fsp3) is 0.353. The van der Waals surface area contributed by atoms with E-state index in [1.807, 2.05) is 35.9 Å². The van der Waals surface area contributed by atoms with Gasteiger partial charge in [-0.15, -0.1) is 0 Å². The van der Waals surface area contributed by atoms with Gasteiger partial charge in [-0.2, -0.15) is 4.98 Å². The van der Waals surface area contributed by atoms with Crippen LogP contribution < -0.4 is 10.9 Å². The Morgan fingerprint density at radius 2 is 2.04 bits per heavy atom. The van der Waals surface area contributed by atoms with Crippen molar-refractivity contribution in [2.75, 3.05) is 11.1 Å².